The predicted molar refractivity (Wildman–Crippen MR) is 120 cm³/mol. The van der Waals surface area contributed by atoms with Crippen LogP contribution in [0, 0.1) is 29.5 Å². The molecule has 2 fully saturated rings. The van der Waals surface area contributed by atoms with E-state index < -0.39 is 17.4 Å². The first-order chi connectivity index (χ1) is 15.7. The number of hydrogen-bond acceptors (Lipinski definition) is 5. The van der Waals surface area contributed by atoms with Crippen molar-refractivity contribution in [2.75, 3.05) is 11.9 Å². The highest BCUT2D eigenvalue weighted by Gasteiger charge is 2.49. The molecule has 0 spiro atoms. The van der Waals surface area contributed by atoms with Crippen LogP contribution in [0.15, 0.2) is 24.5 Å². The average Bonchev–Trinajstić information content (AvgIpc) is 3.40. The summed E-state index contributed by atoms with van der Waals surface area (Å²) >= 11 is 5.82. The number of carbonyl (C=O) groups is 2. The topological polar surface area (TPSA) is 93.4 Å². The van der Waals surface area contributed by atoms with E-state index in [4.69, 9.17) is 16.3 Å². The summed E-state index contributed by atoms with van der Waals surface area (Å²) in [6, 6.07) is 4.02. The number of aryl methyl sites for hydroxylation is 1. The highest BCUT2D eigenvalue weighted by atomic mass is 35.5. The van der Waals surface area contributed by atoms with Gasteiger partial charge in [0.25, 0.3) is 5.91 Å². The minimum atomic E-state index is -1.20. The van der Waals surface area contributed by atoms with Gasteiger partial charge in [-0.2, -0.15) is 0 Å². The monoisotopic (exact) mass is 473 g/mol. The molecule has 0 aliphatic heterocycles. The third-order valence-electron chi connectivity index (χ3n) is 6.46. The maximum atomic E-state index is 13.4. The van der Waals surface area contributed by atoms with Crippen LogP contribution in [0.2, 0.25) is 5.02 Å². The maximum Gasteiger partial charge on any atom is 0.384 e. The van der Waals surface area contributed by atoms with Gasteiger partial charge >= 0.3 is 5.97 Å². The zero-order valence-electron chi connectivity index (χ0n) is 18.4. The number of carbonyl (C=O) groups excluding carboxylic acids is 2. The van der Waals surface area contributed by atoms with Gasteiger partial charge in [-0.25, -0.2) is 14.2 Å². The zero-order valence-corrected chi connectivity index (χ0v) is 19.2. The molecular formula is C24H25ClFN3O4. The number of aromatic nitrogens is 2. The summed E-state index contributed by atoms with van der Waals surface area (Å²) in [6.45, 7) is 1.95. The molecular weight excluding hydrogens is 449 g/mol. The molecule has 2 aromatic rings. The lowest BCUT2D eigenvalue weighted by atomic mass is 9.92. The Kier molecular flexibility index (Phi) is 6.46. The van der Waals surface area contributed by atoms with Crippen molar-refractivity contribution >= 4 is 29.2 Å². The van der Waals surface area contributed by atoms with Crippen LogP contribution in [0.5, 0.6) is 0 Å². The molecule has 2 aliphatic carbocycles. The molecule has 1 amide bonds. The van der Waals surface area contributed by atoms with Crippen LogP contribution in [-0.4, -0.2) is 38.7 Å². The van der Waals surface area contributed by atoms with E-state index in [-0.39, 0.29) is 35.3 Å². The normalized spacial score (nSPS) is 25.8. The lowest BCUT2D eigenvalue weighted by molar-refractivity contribution is -0.136. The average molecular weight is 474 g/mol. The summed E-state index contributed by atoms with van der Waals surface area (Å²) in [5.74, 6) is 4.09. The van der Waals surface area contributed by atoms with E-state index in [1.54, 1.807) is 24.9 Å². The molecule has 0 radical (unpaired) electrons. The molecule has 1 aromatic heterocycles. The molecule has 0 bridgehead atoms. The first-order valence-corrected chi connectivity index (χ1v) is 11.3. The lowest BCUT2D eigenvalue weighted by Crippen LogP contribution is -2.24. The maximum absolute atomic E-state index is 13.4. The highest BCUT2D eigenvalue weighted by Crippen LogP contribution is 2.53. The van der Waals surface area contributed by atoms with E-state index in [1.165, 1.54) is 18.2 Å². The van der Waals surface area contributed by atoms with Crippen molar-refractivity contribution in [1.29, 1.82) is 0 Å². The number of fused-ring (bicyclic) bond motifs is 1. The fraction of sp³-hybridized carbons (Fsp3) is 0.458. The van der Waals surface area contributed by atoms with Gasteiger partial charge < -0.3 is 19.7 Å². The van der Waals surface area contributed by atoms with E-state index in [2.05, 4.69) is 22.1 Å². The Balaban J connectivity index is 1.46. The Hall–Kier alpha value is -2.89. The molecule has 4 rings (SSSR count). The highest BCUT2D eigenvalue weighted by molar-refractivity contribution is 6.31. The van der Waals surface area contributed by atoms with Crippen molar-refractivity contribution in [1.82, 2.24) is 9.55 Å². The number of imidazole rings is 1. The molecule has 174 valence electrons. The third-order valence-corrected chi connectivity index (χ3v) is 6.75. The molecule has 2 saturated carbocycles. The van der Waals surface area contributed by atoms with Crippen molar-refractivity contribution in [2.45, 2.75) is 44.1 Å². The van der Waals surface area contributed by atoms with E-state index in [9.17, 15) is 19.1 Å². The van der Waals surface area contributed by atoms with Gasteiger partial charge in [-0.05, 0) is 62.6 Å². The lowest BCUT2D eigenvalue weighted by Gasteiger charge is -2.18. The van der Waals surface area contributed by atoms with E-state index in [1.807, 2.05) is 0 Å². The van der Waals surface area contributed by atoms with Crippen LogP contribution in [0.1, 0.15) is 54.7 Å². The molecule has 7 nitrogen and oxygen atoms in total. The minimum Gasteiger partial charge on any atom is -0.456 e. The minimum absolute atomic E-state index is 0.0693. The van der Waals surface area contributed by atoms with Crippen molar-refractivity contribution in [3.8, 4) is 11.8 Å². The fourth-order valence-corrected chi connectivity index (χ4v) is 5.29. The number of rotatable bonds is 4. The predicted octanol–water partition coefficient (Wildman–Crippen LogP) is 3.67. The molecule has 2 atom stereocenters. The molecule has 1 heterocycles. The Labute approximate surface area is 196 Å². The largest absolute Gasteiger partial charge is 0.456 e. The van der Waals surface area contributed by atoms with Crippen molar-refractivity contribution in [3.63, 3.8) is 0 Å². The van der Waals surface area contributed by atoms with Crippen molar-refractivity contribution < 1.29 is 23.8 Å². The first kappa shape index (κ1) is 23.3. The number of aliphatic hydroxyl groups is 1. The smallest absolute Gasteiger partial charge is 0.384 e. The van der Waals surface area contributed by atoms with Gasteiger partial charge in [0.05, 0.1) is 23.7 Å². The van der Waals surface area contributed by atoms with E-state index in [0.29, 0.717) is 29.9 Å². The second-order valence-corrected chi connectivity index (χ2v) is 9.18. The molecule has 9 heteroatoms. The van der Waals surface area contributed by atoms with Crippen LogP contribution in [0.3, 0.4) is 0 Å². The number of nitrogens with one attached hydrogen (secondary N) is 1. The Bertz CT molecular complexity index is 1140. The van der Waals surface area contributed by atoms with Gasteiger partial charge in [0.2, 0.25) is 0 Å². The summed E-state index contributed by atoms with van der Waals surface area (Å²) in [5, 5.41) is 13.5. The van der Waals surface area contributed by atoms with Gasteiger partial charge in [0.15, 0.2) is 0 Å². The number of halogens is 2. The number of benzene rings is 1. The van der Waals surface area contributed by atoms with E-state index in [0.717, 1.165) is 12.8 Å². The number of esters is 1. The molecule has 2 aliphatic rings. The van der Waals surface area contributed by atoms with Gasteiger partial charge in [0.1, 0.15) is 17.1 Å². The molecule has 1 aromatic carbocycles. The summed E-state index contributed by atoms with van der Waals surface area (Å²) in [7, 11) is 1.75. The molecule has 2 N–H and O–H groups in total. The van der Waals surface area contributed by atoms with Crippen molar-refractivity contribution in [2.24, 2.45) is 18.9 Å². The Morgan fingerprint density at radius 2 is 2.06 bits per heavy atom. The van der Waals surface area contributed by atoms with Crippen molar-refractivity contribution in [3.05, 3.63) is 46.8 Å². The summed E-state index contributed by atoms with van der Waals surface area (Å²) in [5.41, 5.74) is 0.350. The van der Waals surface area contributed by atoms with Crippen LogP contribution in [0.25, 0.3) is 0 Å². The zero-order chi connectivity index (χ0) is 23.8. The standard InChI is InChI=1S/C24H25ClFN3O4/c1-3-33-20(30)6-7-24(32)11-15-8-14(9-16(15)12-24)21-22(29(2)13-27-21)23(31)28-17-4-5-19(26)18(25)10-17/h4-5,10,13-16,32H,3,8-9,11-12H2,1-2H3,(H,28,31). The van der Waals surface area contributed by atoms with Gasteiger partial charge in [0, 0.05) is 24.6 Å². The first-order valence-electron chi connectivity index (χ1n) is 10.9. The fourth-order valence-electron chi connectivity index (χ4n) is 5.11. The van der Waals surface area contributed by atoms with Crippen LogP contribution in [-0.2, 0) is 16.6 Å². The summed E-state index contributed by atoms with van der Waals surface area (Å²) in [6.07, 6.45) is 4.10. The number of hydrogen-bond donors (Lipinski definition) is 2. The van der Waals surface area contributed by atoms with Gasteiger partial charge in [-0.3, -0.25) is 4.79 Å². The SMILES string of the molecule is CCOC(=O)C#CC1(O)CC2CC(c3ncn(C)c3C(=O)Nc3ccc(F)c(Cl)c3)CC2C1. The Morgan fingerprint density at radius 3 is 2.70 bits per heavy atom. The van der Waals surface area contributed by atoms with Crippen LogP contribution in [0.4, 0.5) is 10.1 Å². The Morgan fingerprint density at radius 1 is 1.36 bits per heavy atom. The number of nitrogens with zero attached hydrogens (tertiary/aromatic N) is 2. The number of anilines is 1. The van der Waals surface area contributed by atoms with Gasteiger partial charge in [-0.15, -0.1) is 0 Å². The summed E-state index contributed by atoms with van der Waals surface area (Å²) in [4.78, 5) is 29.0. The second-order valence-electron chi connectivity index (χ2n) is 8.77. The molecule has 33 heavy (non-hydrogen) atoms. The van der Waals surface area contributed by atoms with E-state index >= 15 is 0 Å². The number of amides is 1. The second kappa shape index (κ2) is 9.16. The molecule has 2 unspecified atom stereocenters. The van der Waals surface area contributed by atoms with Crippen LogP contribution < -0.4 is 5.32 Å². The third kappa shape index (κ3) is 4.90. The van der Waals surface area contributed by atoms with Crippen LogP contribution >= 0.6 is 11.6 Å². The summed E-state index contributed by atoms with van der Waals surface area (Å²) < 4.78 is 19.9. The van der Waals surface area contributed by atoms with Gasteiger partial charge in [-0.1, -0.05) is 17.5 Å². The number of ether oxygens (including phenoxy) is 1. The molecule has 0 saturated heterocycles. The quantitative estimate of drug-likeness (QED) is 0.401.